The van der Waals surface area contributed by atoms with Gasteiger partial charge in [-0.25, -0.2) is 0 Å². The molecule has 1 fully saturated rings. The molecule has 16 heavy (non-hydrogen) atoms. The zero-order chi connectivity index (χ0) is 11.7. The molecule has 0 bridgehead atoms. The molecule has 1 saturated carbocycles. The molecule has 1 aliphatic rings. The first-order valence-electron chi connectivity index (χ1n) is 5.45. The van der Waals surface area contributed by atoms with E-state index < -0.39 is 5.91 Å². The molecule has 5 N–H and O–H groups in total. The van der Waals surface area contributed by atoms with E-state index in [2.05, 4.69) is 16.6 Å². The second kappa shape index (κ2) is 4.29. The summed E-state index contributed by atoms with van der Waals surface area (Å²) in [5.41, 5.74) is 11.2. The van der Waals surface area contributed by atoms with E-state index in [0.717, 1.165) is 6.42 Å². The number of amides is 1. The van der Waals surface area contributed by atoms with Gasteiger partial charge in [0.05, 0.1) is 0 Å². The number of primary amides is 1. The van der Waals surface area contributed by atoms with Crippen molar-refractivity contribution in [3.63, 3.8) is 0 Å². The highest BCUT2D eigenvalue weighted by atomic mass is 32.1. The second-order valence-electron chi connectivity index (χ2n) is 4.17. The maximum absolute atomic E-state index is 11.2. The minimum atomic E-state index is -0.513. The van der Waals surface area contributed by atoms with Gasteiger partial charge in [-0.15, -0.1) is 0 Å². The molecule has 1 aliphatic carbocycles. The lowest BCUT2D eigenvalue weighted by molar-refractivity contribution is 0.100. The van der Waals surface area contributed by atoms with Crippen LogP contribution < -0.4 is 16.8 Å². The Morgan fingerprint density at radius 2 is 2.44 bits per heavy atom. The number of carbonyl (C=O) groups is 1. The Hall–Kier alpha value is -1.30. The SMILES string of the molecule is CCCC1CC1Nc1snc(N)c1C(N)=O. The van der Waals surface area contributed by atoms with Crippen LogP contribution in [0.3, 0.4) is 0 Å². The largest absolute Gasteiger partial charge is 0.382 e. The van der Waals surface area contributed by atoms with Gasteiger partial charge < -0.3 is 16.8 Å². The lowest BCUT2D eigenvalue weighted by atomic mass is 10.2. The molecule has 5 nitrogen and oxygen atoms in total. The van der Waals surface area contributed by atoms with Crippen molar-refractivity contribution in [3.8, 4) is 0 Å². The Morgan fingerprint density at radius 1 is 1.69 bits per heavy atom. The average molecular weight is 240 g/mol. The summed E-state index contributed by atoms with van der Waals surface area (Å²) in [4.78, 5) is 11.2. The molecular weight excluding hydrogens is 224 g/mol. The van der Waals surface area contributed by atoms with E-state index in [1.54, 1.807) is 0 Å². The molecule has 2 unspecified atom stereocenters. The summed E-state index contributed by atoms with van der Waals surface area (Å²) in [6, 6.07) is 0.456. The van der Waals surface area contributed by atoms with E-state index in [0.29, 0.717) is 22.5 Å². The first kappa shape index (κ1) is 11.2. The normalized spacial score (nSPS) is 23.1. The minimum Gasteiger partial charge on any atom is -0.382 e. The molecule has 1 aromatic heterocycles. The monoisotopic (exact) mass is 240 g/mol. The van der Waals surface area contributed by atoms with Crippen LogP contribution in [0.5, 0.6) is 0 Å². The van der Waals surface area contributed by atoms with Crippen molar-refractivity contribution < 1.29 is 4.79 Å². The first-order valence-corrected chi connectivity index (χ1v) is 6.22. The van der Waals surface area contributed by atoms with Gasteiger partial charge in [-0.2, -0.15) is 4.37 Å². The standard InChI is InChI=1S/C10H16N4OS/c1-2-3-5-4-6(5)13-10-7(9(12)15)8(11)14-16-10/h5-6,13H,2-4H2,1H3,(H2,11,14)(H2,12,15). The van der Waals surface area contributed by atoms with Crippen LogP contribution in [0.4, 0.5) is 10.8 Å². The summed E-state index contributed by atoms with van der Waals surface area (Å²) in [6.07, 6.45) is 3.57. The number of rotatable bonds is 5. The molecule has 6 heteroatoms. The highest BCUT2D eigenvalue weighted by Gasteiger charge is 2.37. The minimum absolute atomic E-state index is 0.229. The summed E-state index contributed by atoms with van der Waals surface area (Å²) in [6.45, 7) is 2.18. The molecule has 0 spiro atoms. The number of nitrogens with one attached hydrogen (secondary N) is 1. The van der Waals surface area contributed by atoms with Gasteiger partial charge in [-0.05, 0) is 30.3 Å². The van der Waals surface area contributed by atoms with Gasteiger partial charge in [0.25, 0.3) is 5.91 Å². The van der Waals surface area contributed by atoms with E-state index in [4.69, 9.17) is 11.5 Å². The third-order valence-electron chi connectivity index (χ3n) is 2.86. The number of hydrogen-bond donors (Lipinski definition) is 3. The fraction of sp³-hybridized carbons (Fsp3) is 0.600. The molecule has 0 radical (unpaired) electrons. The van der Waals surface area contributed by atoms with Crippen molar-refractivity contribution in [2.24, 2.45) is 11.7 Å². The maximum Gasteiger partial charge on any atom is 0.255 e. The van der Waals surface area contributed by atoms with Crippen LogP contribution in [-0.2, 0) is 0 Å². The molecular formula is C10H16N4OS. The number of nitrogens with zero attached hydrogens (tertiary/aromatic N) is 1. The number of nitrogen functional groups attached to an aromatic ring is 1. The van der Waals surface area contributed by atoms with Crippen molar-refractivity contribution in [1.82, 2.24) is 4.37 Å². The molecule has 1 amide bonds. The number of carbonyl (C=O) groups excluding carboxylic acids is 1. The number of anilines is 2. The average Bonchev–Trinajstić information content (AvgIpc) is 2.81. The smallest absolute Gasteiger partial charge is 0.255 e. The Balaban J connectivity index is 2.03. The second-order valence-corrected chi connectivity index (χ2v) is 4.94. The maximum atomic E-state index is 11.2. The summed E-state index contributed by atoms with van der Waals surface area (Å²) in [5, 5.41) is 4.01. The summed E-state index contributed by atoms with van der Waals surface area (Å²) >= 11 is 1.21. The summed E-state index contributed by atoms with van der Waals surface area (Å²) in [5.74, 6) is 0.434. The van der Waals surface area contributed by atoms with Crippen molar-refractivity contribution >= 4 is 28.3 Å². The van der Waals surface area contributed by atoms with E-state index in [-0.39, 0.29) is 5.82 Å². The van der Waals surface area contributed by atoms with Crippen LogP contribution in [-0.4, -0.2) is 16.3 Å². The molecule has 0 aromatic carbocycles. The van der Waals surface area contributed by atoms with Gasteiger partial charge in [0.1, 0.15) is 10.6 Å². The van der Waals surface area contributed by atoms with Crippen molar-refractivity contribution in [2.75, 3.05) is 11.1 Å². The van der Waals surface area contributed by atoms with Crippen LogP contribution in [0.15, 0.2) is 0 Å². The summed E-state index contributed by atoms with van der Waals surface area (Å²) in [7, 11) is 0. The van der Waals surface area contributed by atoms with Crippen LogP contribution in [0.25, 0.3) is 0 Å². The van der Waals surface area contributed by atoms with Crippen LogP contribution in [0.2, 0.25) is 0 Å². The molecule has 0 saturated heterocycles. The van der Waals surface area contributed by atoms with E-state index in [9.17, 15) is 4.79 Å². The predicted octanol–water partition coefficient (Wildman–Crippen LogP) is 1.42. The van der Waals surface area contributed by atoms with Crippen LogP contribution in [0.1, 0.15) is 36.5 Å². The van der Waals surface area contributed by atoms with Gasteiger partial charge in [0.15, 0.2) is 5.82 Å². The topological polar surface area (TPSA) is 94.0 Å². The lowest BCUT2D eigenvalue weighted by Crippen LogP contribution is -2.15. The number of aromatic nitrogens is 1. The van der Waals surface area contributed by atoms with E-state index in [1.807, 2.05) is 0 Å². The van der Waals surface area contributed by atoms with Crippen LogP contribution in [0, 0.1) is 5.92 Å². The van der Waals surface area contributed by atoms with Gasteiger partial charge in [-0.3, -0.25) is 4.79 Å². The fourth-order valence-electron chi connectivity index (χ4n) is 1.92. The molecule has 2 atom stereocenters. The number of nitrogens with two attached hydrogens (primary N) is 2. The van der Waals surface area contributed by atoms with Crippen molar-refractivity contribution in [2.45, 2.75) is 32.2 Å². The van der Waals surface area contributed by atoms with Crippen molar-refractivity contribution in [1.29, 1.82) is 0 Å². The van der Waals surface area contributed by atoms with Crippen LogP contribution >= 0.6 is 11.5 Å². The first-order chi connectivity index (χ1) is 7.63. The third kappa shape index (κ3) is 2.11. The molecule has 1 aromatic rings. The van der Waals surface area contributed by atoms with Gasteiger partial charge in [-0.1, -0.05) is 13.3 Å². The lowest BCUT2D eigenvalue weighted by Gasteiger charge is -2.03. The van der Waals surface area contributed by atoms with E-state index in [1.165, 1.54) is 24.4 Å². The molecule has 88 valence electrons. The highest BCUT2D eigenvalue weighted by molar-refractivity contribution is 7.11. The summed E-state index contributed by atoms with van der Waals surface area (Å²) < 4.78 is 3.95. The molecule has 1 heterocycles. The Kier molecular flexibility index (Phi) is 3.00. The van der Waals surface area contributed by atoms with Gasteiger partial charge >= 0.3 is 0 Å². The Bertz CT molecular complexity index is 404. The predicted molar refractivity (Wildman–Crippen MR) is 65.5 cm³/mol. The fourth-order valence-corrected chi connectivity index (χ4v) is 2.70. The van der Waals surface area contributed by atoms with Gasteiger partial charge in [0, 0.05) is 6.04 Å². The molecule has 0 aliphatic heterocycles. The zero-order valence-corrected chi connectivity index (χ0v) is 10.0. The van der Waals surface area contributed by atoms with E-state index >= 15 is 0 Å². The van der Waals surface area contributed by atoms with Crippen molar-refractivity contribution in [3.05, 3.63) is 5.56 Å². The number of hydrogen-bond acceptors (Lipinski definition) is 5. The highest BCUT2D eigenvalue weighted by Crippen LogP contribution is 2.39. The van der Waals surface area contributed by atoms with Gasteiger partial charge in [0.2, 0.25) is 0 Å². The Labute approximate surface area is 98.4 Å². The Morgan fingerprint density at radius 3 is 3.06 bits per heavy atom. The molecule has 2 rings (SSSR count). The quantitative estimate of drug-likeness (QED) is 0.725. The zero-order valence-electron chi connectivity index (χ0n) is 9.19. The third-order valence-corrected chi connectivity index (χ3v) is 3.66.